The van der Waals surface area contributed by atoms with Gasteiger partial charge in [-0.25, -0.2) is 0 Å². The van der Waals surface area contributed by atoms with E-state index in [1.54, 1.807) is 0 Å². The van der Waals surface area contributed by atoms with Crippen molar-refractivity contribution in [2.75, 3.05) is 0 Å². The Morgan fingerprint density at radius 2 is 1.44 bits per heavy atom. The Hall–Kier alpha value is -3.94. The summed E-state index contributed by atoms with van der Waals surface area (Å²) in [4.78, 5) is 0. The van der Waals surface area contributed by atoms with Gasteiger partial charge in [-0.3, -0.25) is 0 Å². The molecule has 0 aliphatic heterocycles. The first kappa shape index (κ1) is 21.4. The summed E-state index contributed by atoms with van der Waals surface area (Å²) in [5.74, 6) is 0. The summed E-state index contributed by atoms with van der Waals surface area (Å²) in [5.41, 5.74) is 12.4. The molecule has 0 radical (unpaired) electrons. The van der Waals surface area contributed by atoms with Gasteiger partial charge in [-0.1, -0.05) is 97.1 Å². The summed E-state index contributed by atoms with van der Waals surface area (Å²) in [6, 6.07) is 26.7. The number of rotatable bonds is 4. The summed E-state index contributed by atoms with van der Waals surface area (Å²) >= 11 is 1.89. The van der Waals surface area contributed by atoms with Crippen molar-refractivity contribution in [3.63, 3.8) is 0 Å². The molecule has 5 aromatic rings. The number of hydrogen-bond donors (Lipinski definition) is 0. The van der Waals surface area contributed by atoms with Crippen LogP contribution in [0.1, 0.15) is 40.3 Å². The lowest BCUT2D eigenvalue weighted by Crippen LogP contribution is -2.04. The molecule has 4 aromatic carbocycles. The molecule has 0 amide bonds. The minimum atomic E-state index is 0.981. The van der Waals surface area contributed by atoms with Gasteiger partial charge >= 0.3 is 0 Å². The van der Waals surface area contributed by atoms with Crippen molar-refractivity contribution in [1.29, 1.82) is 0 Å². The van der Waals surface area contributed by atoms with Crippen molar-refractivity contribution in [3.8, 4) is 11.1 Å². The average Bonchev–Trinajstić information content (AvgIpc) is 3.67. The van der Waals surface area contributed by atoms with Crippen LogP contribution in [-0.2, 0) is 12.8 Å². The Labute approximate surface area is 216 Å². The van der Waals surface area contributed by atoms with Crippen LogP contribution in [0.25, 0.3) is 49.0 Å². The molecule has 1 heteroatoms. The second kappa shape index (κ2) is 8.62. The Bertz CT molecular complexity index is 1730. The first-order chi connectivity index (χ1) is 17.8. The molecule has 1 aromatic heterocycles. The van der Waals surface area contributed by atoms with Crippen LogP contribution in [0.2, 0.25) is 0 Å². The number of benzene rings is 4. The van der Waals surface area contributed by atoms with E-state index in [0.717, 1.165) is 12.8 Å². The SMILES string of the molecule is C/C=C\C=C(/c1ccccc1)c1c2c(c(-c3ccc4sc5ccccc5c4c3)c3c1CC=C3)C=CC2. The van der Waals surface area contributed by atoms with Gasteiger partial charge in [0.15, 0.2) is 0 Å². The lowest BCUT2D eigenvalue weighted by atomic mass is 9.81. The quantitative estimate of drug-likeness (QED) is 0.225. The summed E-state index contributed by atoms with van der Waals surface area (Å²) < 4.78 is 2.72. The van der Waals surface area contributed by atoms with E-state index in [4.69, 9.17) is 0 Å². The van der Waals surface area contributed by atoms with Gasteiger partial charge in [0.1, 0.15) is 0 Å². The largest absolute Gasteiger partial charge is 0.135 e. The maximum absolute atomic E-state index is 2.43. The average molecular weight is 479 g/mol. The molecule has 0 saturated carbocycles. The van der Waals surface area contributed by atoms with Gasteiger partial charge in [0.05, 0.1) is 0 Å². The summed E-state index contributed by atoms with van der Waals surface area (Å²) in [5, 5.41) is 2.72. The Balaban J connectivity index is 1.51. The number of thiophene rings is 1. The van der Waals surface area contributed by atoms with E-state index in [1.165, 1.54) is 70.3 Å². The third kappa shape index (κ3) is 3.27. The minimum Gasteiger partial charge on any atom is -0.135 e. The minimum absolute atomic E-state index is 0.981. The van der Waals surface area contributed by atoms with E-state index in [1.807, 2.05) is 11.3 Å². The van der Waals surface area contributed by atoms with Crippen molar-refractivity contribution in [2.45, 2.75) is 19.8 Å². The van der Waals surface area contributed by atoms with Gasteiger partial charge in [-0.2, -0.15) is 0 Å². The van der Waals surface area contributed by atoms with Gasteiger partial charge in [0, 0.05) is 20.2 Å². The zero-order chi connectivity index (χ0) is 24.1. The van der Waals surface area contributed by atoms with Crippen molar-refractivity contribution >= 4 is 49.2 Å². The predicted octanol–water partition coefficient (Wildman–Crippen LogP) is 9.87. The van der Waals surface area contributed by atoms with Crippen LogP contribution in [0.3, 0.4) is 0 Å². The van der Waals surface area contributed by atoms with E-state index in [9.17, 15) is 0 Å². The zero-order valence-electron chi connectivity index (χ0n) is 20.3. The molecule has 2 aliphatic carbocycles. The second-order valence-electron chi connectivity index (χ2n) is 9.53. The topological polar surface area (TPSA) is 0 Å². The van der Waals surface area contributed by atoms with Crippen molar-refractivity contribution in [3.05, 3.63) is 137 Å². The van der Waals surface area contributed by atoms with Crippen LogP contribution < -0.4 is 0 Å². The maximum Gasteiger partial charge on any atom is 0.0355 e. The highest BCUT2D eigenvalue weighted by Gasteiger charge is 2.27. The Kier molecular flexibility index (Phi) is 5.11. The number of fused-ring (bicyclic) bond motifs is 5. The fraction of sp³-hybridized carbons (Fsp3) is 0.0857. The molecule has 0 unspecified atom stereocenters. The predicted molar refractivity (Wildman–Crippen MR) is 159 cm³/mol. The van der Waals surface area contributed by atoms with Crippen LogP contribution in [0.4, 0.5) is 0 Å². The smallest absolute Gasteiger partial charge is 0.0355 e. The fourth-order valence-corrected chi connectivity index (χ4v) is 7.02. The van der Waals surface area contributed by atoms with Crippen LogP contribution >= 0.6 is 11.3 Å². The zero-order valence-corrected chi connectivity index (χ0v) is 21.1. The molecule has 0 saturated heterocycles. The number of hydrogen-bond acceptors (Lipinski definition) is 1. The molecule has 7 rings (SSSR count). The van der Waals surface area contributed by atoms with Gasteiger partial charge in [0.2, 0.25) is 0 Å². The highest BCUT2D eigenvalue weighted by molar-refractivity contribution is 7.25. The molecule has 1 heterocycles. The van der Waals surface area contributed by atoms with E-state index in [0.29, 0.717) is 0 Å². The van der Waals surface area contributed by atoms with E-state index >= 15 is 0 Å². The van der Waals surface area contributed by atoms with Crippen molar-refractivity contribution in [1.82, 2.24) is 0 Å². The van der Waals surface area contributed by atoms with Gasteiger partial charge in [-0.15, -0.1) is 11.3 Å². The van der Waals surface area contributed by atoms with E-state index in [-0.39, 0.29) is 0 Å². The standard InChI is InChI=1S/C35H26S/c1-2-3-13-25(23-11-5-4-6-12-23)35-29-17-9-15-27(29)34(28-16-10-18-30(28)35)24-20-21-33-31(22-24)26-14-7-8-19-32(26)36-33/h2-16,19-22H,17-18H2,1H3/b3-2-,25-13+. The molecule has 172 valence electrons. The molecular formula is C35H26S. The van der Waals surface area contributed by atoms with E-state index < -0.39 is 0 Å². The molecule has 0 atom stereocenters. The van der Waals surface area contributed by atoms with Gasteiger partial charge in [-0.05, 0) is 88.0 Å². The molecule has 2 aliphatic rings. The monoisotopic (exact) mass is 478 g/mol. The third-order valence-corrected chi connectivity index (χ3v) is 8.63. The normalized spacial score (nSPS) is 14.4. The van der Waals surface area contributed by atoms with Crippen LogP contribution in [-0.4, -0.2) is 0 Å². The van der Waals surface area contributed by atoms with Crippen LogP contribution in [0.5, 0.6) is 0 Å². The van der Waals surface area contributed by atoms with E-state index in [2.05, 4.69) is 122 Å². The molecule has 0 N–H and O–H groups in total. The van der Waals surface area contributed by atoms with Gasteiger partial charge in [0.25, 0.3) is 0 Å². The molecule has 0 fully saturated rings. The van der Waals surface area contributed by atoms with Crippen LogP contribution in [0, 0.1) is 0 Å². The number of allylic oxidation sites excluding steroid dienone is 5. The lowest BCUT2D eigenvalue weighted by Gasteiger charge is -2.22. The molecule has 36 heavy (non-hydrogen) atoms. The van der Waals surface area contributed by atoms with Crippen molar-refractivity contribution in [2.24, 2.45) is 0 Å². The molecule has 0 spiro atoms. The second-order valence-corrected chi connectivity index (χ2v) is 10.6. The summed E-state index contributed by atoms with van der Waals surface area (Å²) in [7, 11) is 0. The van der Waals surface area contributed by atoms with Crippen LogP contribution in [0.15, 0.2) is 103 Å². The lowest BCUT2D eigenvalue weighted by molar-refractivity contribution is 1.21. The molecule has 0 nitrogen and oxygen atoms in total. The first-order valence-electron chi connectivity index (χ1n) is 12.7. The van der Waals surface area contributed by atoms with Crippen molar-refractivity contribution < 1.29 is 0 Å². The summed E-state index contributed by atoms with van der Waals surface area (Å²) in [6.45, 7) is 2.09. The fourth-order valence-electron chi connectivity index (χ4n) is 5.93. The molecular weight excluding hydrogens is 452 g/mol. The highest BCUT2D eigenvalue weighted by atomic mass is 32.1. The highest BCUT2D eigenvalue weighted by Crippen LogP contribution is 2.47. The summed E-state index contributed by atoms with van der Waals surface area (Å²) in [6.07, 6.45) is 17.9. The Morgan fingerprint density at radius 3 is 2.19 bits per heavy atom. The maximum atomic E-state index is 2.43. The van der Waals surface area contributed by atoms with Gasteiger partial charge < -0.3 is 0 Å². The Morgan fingerprint density at radius 1 is 0.750 bits per heavy atom. The first-order valence-corrected chi connectivity index (χ1v) is 13.5. The third-order valence-electron chi connectivity index (χ3n) is 7.48. The molecule has 0 bridgehead atoms.